The molecule has 3 aromatic carbocycles. The zero-order chi connectivity index (χ0) is 22.9. The molecule has 0 bridgehead atoms. The standard InChI is InChI=1S/C27H30O5/c1-29-24-15-13-22(18-26(24)31-3)11-9-20-7-5-6-19(16-20)8-10-21-12-14-23(27(28)32-4)25(17-21)30-2/h5-7,12-18H,8-11H2,1-4H3. The van der Waals surface area contributed by atoms with Crippen LogP contribution in [0.4, 0.5) is 0 Å². The van der Waals surface area contributed by atoms with Crippen molar-refractivity contribution in [2.75, 3.05) is 28.4 Å². The molecule has 5 nitrogen and oxygen atoms in total. The Balaban J connectivity index is 1.62. The van der Waals surface area contributed by atoms with Crippen molar-refractivity contribution in [3.8, 4) is 17.2 Å². The summed E-state index contributed by atoms with van der Waals surface area (Å²) in [6.07, 6.45) is 3.64. The first-order chi connectivity index (χ1) is 15.6. The van der Waals surface area contributed by atoms with Crippen molar-refractivity contribution in [2.24, 2.45) is 0 Å². The van der Waals surface area contributed by atoms with Gasteiger partial charge in [-0.05, 0) is 72.2 Å². The molecule has 32 heavy (non-hydrogen) atoms. The van der Waals surface area contributed by atoms with Crippen molar-refractivity contribution in [1.82, 2.24) is 0 Å². The fourth-order valence-corrected chi connectivity index (χ4v) is 3.72. The molecule has 0 radical (unpaired) electrons. The molecular weight excluding hydrogens is 404 g/mol. The van der Waals surface area contributed by atoms with Crippen LogP contribution in [0.2, 0.25) is 0 Å². The Bertz CT molecular complexity index is 1060. The SMILES string of the molecule is COC(=O)c1ccc(CCc2cccc(CCc3ccc(OC)c(OC)c3)c2)cc1OC. The molecule has 3 rings (SSSR count). The van der Waals surface area contributed by atoms with E-state index in [2.05, 4.69) is 30.3 Å². The van der Waals surface area contributed by atoms with Crippen LogP contribution in [0.15, 0.2) is 60.7 Å². The number of benzene rings is 3. The minimum Gasteiger partial charge on any atom is -0.496 e. The van der Waals surface area contributed by atoms with E-state index >= 15 is 0 Å². The maximum Gasteiger partial charge on any atom is 0.341 e. The highest BCUT2D eigenvalue weighted by atomic mass is 16.5. The second-order valence-corrected chi connectivity index (χ2v) is 7.54. The molecule has 0 aliphatic rings. The van der Waals surface area contributed by atoms with Gasteiger partial charge in [-0.25, -0.2) is 4.79 Å². The van der Waals surface area contributed by atoms with Gasteiger partial charge < -0.3 is 18.9 Å². The zero-order valence-electron chi connectivity index (χ0n) is 19.1. The van der Waals surface area contributed by atoms with E-state index in [0.29, 0.717) is 11.3 Å². The Morgan fingerprint density at radius 2 is 1.09 bits per heavy atom. The van der Waals surface area contributed by atoms with Gasteiger partial charge >= 0.3 is 5.97 Å². The molecule has 3 aromatic rings. The highest BCUT2D eigenvalue weighted by molar-refractivity contribution is 5.92. The van der Waals surface area contributed by atoms with E-state index in [-0.39, 0.29) is 0 Å². The summed E-state index contributed by atoms with van der Waals surface area (Å²) < 4.78 is 20.9. The number of ether oxygens (including phenoxy) is 4. The van der Waals surface area contributed by atoms with E-state index in [4.69, 9.17) is 18.9 Å². The number of hydrogen-bond acceptors (Lipinski definition) is 5. The lowest BCUT2D eigenvalue weighted by molar-refractivity contribution is 0.0597. The number of aryl methyl sites for hydroxylation is 4. The molecule has 0 heterocycles. The topological polar surface area (TPSA) is 54.0 Å². The summed E-state index contributed by atoms with van der Waals surface area (Å²) in [5.41, 5.74) is 5.36. The van der Waals surface area contributed by atoms with Gasteiger partial charge in [0.2, 0.25) is 0 Å². The first-order valence-corrected chi connectivity index (χ1v) is 10.6. The number of methoxy groups -OCH3 is 4. The summed E-state index contributed by atoms with van der Waals surface area (Å²) in [7, 11) is 6.23. The molecule has 0 atom stereocenters. The minimum atomic E-state index is -0.393. The molecule has 0 amide bonds. The smallest absolute Gasteiger partial charge is 0.341 e. The van der Waals surface area contributed by atoms with Gasteiger partial charge in [-0.2, -0.15) is 0 Å². The van der Waals surface area contributed by atoms with Crippen molar-refractivity contribution < 1.29 is 23.7 Å². The summed E-state index contributed by atoms with van der Waals surface area (Å²) in [5.74, 6) is 1.65. The Hall–Kier alpha value is -3.47. The first-order valence-electron chi connectivity index (χ1n) is 10.6. The van der Waals surface area contributed by atoms with Gasteiger partial charge in [0.15, 0.2) is 11.5 Å². The van der Waals surface area contributed by atoms with E-state index in [0.717, 1.165) is 42.7 Å². The Morgan fingerprint density at radius 3 is 1.62 bits per heavy atom. The predicted molar refractivity (Wildman–Crippen MR) is 125 cm³/mol. The fraction of sp³-hybridized carbons (Fsp3) is 0.296. The summed E-state index contributed by atoms with van der Waals surface area (Å²) in [6, 6.07) is 20.4. The molecule has 0 N–H and O–H groups in total. The predicted octanol–water partition coefficient (Wildman–Crippen LogP) is 5.07. The lowest BCUT2D eigenvalue weighted by Gasteiger charge is -2.11. The van der Waals surface area contributed by atoms with Crippen LogP contribution in [0, 0.1) is 0 Å². The number of rotatable bonds is 10. The molecule has 0 fully saturated rings. The summed E-state index contributed by atoms with van der Waals surface area (Å²) in [5, 5.41) is 0. The largest absolute Gasteiger partial charge is 0.496 e. The van der Waals surface area contributed by atoms with Crippen LogP contribution in [0.25, 0.3) is 0 Å². The van der Waals surface area contributed by atoms with Crippen molar-refractivity contribution in [2.45, 2.75) is 25.7 Å². The maximum atomic E-state index is 11.8. The number of hydrogen-bond donors (Lipinski definition) is 0. The number of esters is 1. The van der Waals surface area contributed by atoms with Gasteiger partial charge in [-0.15, -0.1) is 0 Å². The summed E-state index contributed by atoms with van der Waals surface area (Å²) >= 11 is 0. The van der Waals surface area contributed by atoms with Crippen LogP contribution in [0.3, 0.4) is 0 Å². The van der Waals surface area contributed by atoms with Crippen LogP contribution >= 0.6 is 0 Å². The van der Waals surface area contributed by atoms with Crippen molar-refractivity contribution in [3.63, 3.8) is 0 Å². The maximum absolute atomic E-state index is 11.8. The van der Waals surface area contributed by atoms with Gasteiger partial charge in [-0.1, -0.05) is 36.4 Å². The average molecular weight is 435 g/mol. The quantitative estimate of drug-likeness (QED) is 0.417. The molecule has 0 saturated heterocycles. The van der Waals surface area contributed by atoms with Crippen LogP contribution in [-0.4, -0.2) is 34.4 Å². The van der Waals surface area contributed by atoms with Gasteiger partial charge in [0, 0.05) is 0 Å². The van der Waals surface area contributed by atoms with Gasteiger partial charge in [0.1, 0.15) is 11.3 Å². The summed E-state index contributed by atoms with van der Waals surface area (Å²) in [4.78, 5) is 11.8. The number of carbonyl (C=O) groups excluding carboxylic acids is 1. The fourth-order valence-electron chi connectivity index (χ4n) is 3.72. The molecular formula is C27H30O5. The van der Waals surface area contributed by atoms with E-state index in [1.807, 2.05) is 24.3 Å². The molecule has 0 aliphatic carbocycles. The molecule has 0 aliphatic heterocycles. The normalized spacial score (nSPS) is 10.5. The lowest BCUT2D eigenvalue weighted by atomic mass is 9.98. The Morgan fingerprint density at radius 1 is 0.594 bits per heavy atom. The molecule has 5 heteroatoms. The third-order valence-electron chi connectivity index (χ3n) is 5.52. The van der Waals surface area contributed by atoms with E-state index in [1.54, 1.807) is 27.4 Å². The highest BCUT2D eigenvalue weighted by Crippen LogP contribution is 2.28. The zero-order valence-corrected chi connectivity index (χ0v) is 19.1. The average Bonchev–Trinajstić information content (AvgIpc) is 2.85. The van der Waals surface area contributed by atoms with Crippen molar-refractivity contribution in [1.29, 1.82) is 0 Å². The van der Waals surface area contributed by atoms with E-state index in [9.17, 15) is 4.79 Å². The summed E-state index contributed by atoms with van der Waals surface area (Å²) in [6.45, 7) is 0. The second-order valence-electron chi connectivity index (χ2n) is 7.54. The van der Waals surface area contributed by atoms with Crippen LogP contribution < -0.4 is 14.2 Å². The third kappa shape index (κ3) is 5.82. The van der Waals surface area contributed by atoms with E-state index < -0.39 is 5.97 Å². The van der Waals surface area contributed by atoms with Gasteiger partial charge in [0.05, 0.1) is 28.4 Å². The lowest BCUT2D eigenvalue weighted by Crippen LogP contribution is -2.05. The molecule has 0 aromatic heterocycles. The minimum absolute atomic E-state index is 0.393. The third-order valence-corrected chi connectivity index (χ3v) is 5.52. The van der Waals surface area contributed by atoms with Gasteiger partial charge in [0.25, 0.3) is 0 Å². The molecule has 0 spiro atoms. The number of carbonyl (C=O) groups is 1. The van der Waals surface area contributed by atoms with Gasteiger partial charge in [-0.3, -0.25) is 0 Å². The Labute approximate surface area is 189 Å². The van der Waals surface area contributed by atoms with Crippen LogP contribution in [0.1, 0.15) is 32.6 Å². The van der Waals surface area contributed by atoms with Crippen LogP contribution in [-0.2, 0) is 30.4 Å². The molecule has 168 valence electrons. The molecule has 0 unspecified atom stereocenters. The van der Waals surface area contributed by atoms with E-state index in [1.165, 1.54) is 23.8 Å². The Kier molecular flexibility index (Phi) is 8.14. The van der Waals surface area contributed by atoms with Crippen molar-refractivity contribution >= 4 is 5.97 Å². The van der Waals surface area contributed by atoms with Crippen molar-refractivity contribution in [3.05, 3.63) is 88.5 Å². The second kappa shape index (κ2) is 11.2. The monoisotopic (exact) mass is 434 g/mol. The van der Waals surface area contributed by atoms with Crippen LogP contribution in [0.5, 0.6) is 17.2 Å². The highest BCUT2D eigenvalue weighted by Gasteiger charge is 2.13. The molecule has 0 saturated carbocycles. The first kappa shape index (κ1) is 23.2.